The summed E-state index contributed by atoms with van der Waals surface area (Å²) in [5.74, 6) is -0.232. The highest BCUT2D eigenvalue weighted by Crippen LogP contribution is 1.82. The molecule has 0 aliphatic heterocycles. The summed E-state index contributed by atoms with van der Waals surface area (Å²) in [5.41, 5.74) is 2.62. The van der Waals surface area contributed by atoms with E-state index in [0.717, 1.165) is 0 Å². The quantitative estimate of drug-likeness (QED) is 0.319. The third kappa shape index (κ3) is 4.85. The Bertz CT molecular complexity index is 141. The number of allylic oxidation sites excluding steroid dienone is 1. The van der Waals surface area contributed by atoms with E-state index in [-0.39, 0.29) is 5.97 Å². The Morgan fingerprint density at radius 3 is 2.89 bits per heavy atom. The van der Waals surface area contributed by atoms with E-state index < -0.39 is 0 Å². The van der Waals surface area contributed by atoms with E-state index in [9.17, 15) is 4.79 Å². The number of ether oxygens (including phenoxy) is 1. The number of carbonyl (C=O) groups is 1. The van der Waals surface area contributed by atoms with E-state index in [2.05, 4.69) is 10.5 Å². The van der Waals surface area contributed by atoms with Crippen LogP contribution in [0.25, 0.3) is 0 Å². The van der Waals surface area contributed by atoms with Gasteiger partial charge in [0, 0.05) is 6.42 Å². The summed E-state index contributed by atoms with van der Waals surface area (Å²) >= 11 is 0. The Hall–Kier alpha value is -1.01. The molecule has 0 heterocycles. The molecule has 0 spiro atoms. The van der Waals surface area contributed by atoms with Crippen molar-refractivity contribution in [2.45, 2.75) is 20.3 Å². The van der Waals surface area contributed by atoms with Gasteiger partial charge in [-0.05, 0) is 13.0 Å². The molecule has 0 saturated carbocycles. The van der Waals surface area contributed by atoms with Crippen molar-refractivity contribution in [2.75, 3.05) is 0 Å². The van der Waals surface area contributed by atoms with Gasteiger partial charge in [-0.2, -0.15) is 0 Å². The average molecular weight is 126 g/mol. The van der Waals surface area contributed by atoms with Crippen molar-refractivity contribution >= 4 is 5.97 Å². The molecule has 0 fully saturated rings. The Labute approximate surface area is 54.8 Å². The number of hydrogen-bond donors (Lipinski definition) is 0. The minimum Gasteiger partial charge on any atom is -0.426 e. The maximum Gasteiger partial charge on any atom is 0.310 e. The molecular formula is C7H10O2. The lowest BCUT2D eigenvalue weighted by Gasteiger charge is -1.88. The van der Waals surface area contributed by atoms with Crippen molar-refractivity contribution in [1.82, 2.24) is 0 Å². The summed E-state index contributed by atoms with van der Waals surface area (Å²) in [6, 6.07) is 0. The third-order valence-corrected chi connectivity index (χ3v) is 0.714. The second-order valence-electron chi connectivity index (χ2n) is 1.42. The van der Waals surface area contributed by atoms with Crippen LogP contribution in [0.1, 0.15) is 20.3 Å². The smallest absolute Gasteiger partial charge is 0.310 e. The molecule has 0 aromatic heterocycles. The first-order chi connectivity index (χ1) is 4.31. The molecule has 0 atom stereocenters. The van der Waals surface area contributed by atoms with Crippen molar-refractivity contribution < 1.29 is 9.53 Å². The number of esters is 1. The summed E-state index contributed by atoms with van der Waals surface area (Å²) in [7, 11) is 0. The first-order valence-electron chi connectivity index (χ1n) is 2.86. The van der Waals surface area contributed by atoms with Gasteiger partial charge in [0.1, 0.15) is 6.26 Å². The van der Waals surface area contributed by atoms with Crippen molar-refractivity contribution in [1.29, 1.82) is 0 Å². The lowest BCUT2D eigenvalue weighted by atomic mass is 10.5. The molecule has 0 aromatic rings. The normalized spacial score (nSPS) is 7.33. The monoisotopic (exact) mass is 126 g/mol. The van der Waals surface area contributed by atoms with Gasteiger partial charge in [-0.3, -0.25) is 4.79 Å². The Morgan fingerprint density at radius 2 is 2.44 bits per heavy atom. The molecule has 0 amide bonds. The molecule has 9 heavy (non-hydrogen) atoms. The first kappa shape index (κ1) is 7.99. The standard InChI is InChI=1S/C7H10O2/c1-3-5-6-9-7(8)4-2/h3,6H,4H2,1-2H3. The average Bonchev–Trinajstić information content (AvgIpc) is 1.89. The Balaban J connectivity index is 3.50. The van der Waals surface area contributed by atoms with Gasteiger partial charge >= 0.3 is 5.97 Å². The molecule has 0 bridgehead atoms. The molecule has 2 heteroatoms. The molecule has 2 nitrogen and oxygen atoms in total. The molecule has 0 rings (SSSR count). The van der Waals surface area contributed by atoms with Crippen molar-refractivity contribution in [3.8, 4) is 0 Å². The molecule has 50 valence electrons. The predicted octanol–water partition coefficient (Wildman–Crippen LogP) is 1.63. The van der Waals surface area contributed by atoms with E-state index in [1.807, 2.05) is 0 Å². The van der Waals surface area contributed by atoms with Gasteiger partial charge in [0.2, 0.25) is 0 Å². The zero-order valence-electron chi connectivity index (χ0n) is 5.68. The third-order valence-electron chi connectivity index (χ3n) is 0.714. The molecular weight excluding hydrogens is 116 g/mol. The number of rotatable bonds is 2. The van der Waals surface area contributed by atoms with E-state index in [1.54, 1.807) is 19.9 Å². The van der Waals surface area contributed by atoms with Gasteiger partial charge in [-0.1, -0.05) is 12.7 Å². The Morgan fingerprint density at radius 1 is 1.78 bits per heavy atom. The fraction of sp³-hybridized carbons (Fsp3) is 0.429. The summed E-state index contributed by atoms with van der Waals surface area (Å²) in [4.78, 5) is 10.4. The Kier molecular flexibility index (Phi) is 4.56. The number of carbonyl (C=O) groups excluding carboxylic acids is 1. The molecule has 0 aliphatic rings. The highest BCUT2D eigenvalue weighted by atomic mass is 16.5. The van der Waals surface area contributed by atoms with Crippen LogP contribution in [-0.4, -0.2) is 5.97 Å². The van der Waals surface area contributed by atoms with Gasteiger partial charge in [-0.15, -0.1) is 0 Å². The fourth-order valence-corrected chi connectivity index (χ4v) is 0.251. The SMILES string of the molecule is CC=C=COC(=O)CC. The summed E-state index contributed by atoms with van der Waals surface area (Å²) in [5, 5.41) is 0. The summed E-state index contributed by atoms with van der Waals surface area (Å²) in [6.45, 7) is 3.54. The molecule has 0 radical (unpaired) electrons. The maximum atomic E-state index is 10.4. The van der Waals surface area contributed by atoms with Gasteiger partial charge in [0.15, 0.2) is 0 Å². The first-order valence-corrected chi connectivity index (χ1v) is 2.86. The summed E-state index contributed by atoms with van der Waals surface area (Å²) in [6.07, 6.45) is 3.33. The fourth-order valence-electron chi connectivity index (χ4n) is 0.251. The summed E-state index contributed by atoms with van der Waals surface area (Å²) < 4.78 is 4.53. The lowest BCUT2D eigenvalue weighted by molar-refractivity contribution is -0.137. The van der Waals surface area contributed by atoms with E-state index >= 15 is 0 Å². The number of hydrogen-bond acceptors (Lipinski definition) is 2. The van der Waals surface area contributed by atoms with Gasteiger partial charge in [-0.25, -0.2) is 0 Å². The van der Waals surface area contributed by atoms with Crippen molar-refractivity contribution in [3.63, 3.8) is 0 Å². The van der Waals surface area contributed by atoms with Crippen LogP contribution in [0.4, 0.5) is 0 Å². The van der Waals surface area contributed by atoms with Crippen molar-refractivity contribution in [3.05, 3.63) is 18.1 Å². The van der Waals surface area contributed by atoms with Crippen LogP contribution in [-0.2, 0) is 9.53 Å². The van der Waals surface area contributed by atoms with Crippen LogP contribution >= 0.6 is 0 Å². The predicted molar refractivity (Wildman–Crippen MR) is 34.7 cm³/mol. The minimum absolute atomic E-state index is 0.232. The second-order valence-corrected chi connectivity index (χ2v) is 1.42. The van der Waals surface area contributed by atoms with Crippen molar-refractivity contribution in [2.24, 2.45) is 0 Å². The van der Waals surface area contributed by atoms with Crippen LogP contribution in [0.5, 0.6) is 0 Å². The van der Waals surface area contributed by atoms with Gasteiger partial charge < -0.3 is 4.74 Å². The highest BCUT2D eigenvalue weighted by molar-refractivity contribution is 5.69. The molecule has 0 saturated heterocycles. The maximum absolute atomic E-state index is 10.4. The van der Waals surface area contributed by atoms with E-state index in [1.165, 1.54) is 6.26 Å². The topological polar surface area (TPSA) is 26.3 Å². The lowest BCUT2D eigenvalue weighted by Crippen LogP contribution is -1.94. The van der Waals surface area contributed by atoms with Gasteiger partial charge in [0.05, 0.1) is 0 Å². The second kappa shape index (κ2) is 5.13. The molecule has 0 unspecified atom stereocenters. The minimum atomic E-state index is -0.232. The van der Waals surface area contributed by atoms with Gasteiger partial charge in [0.25, 0.3) is 0 Å². The van der Waals surface area contributed by atoms with E-state index in [4.69, 9.17) is 0 Å². The van der Waals surface area contributed by atoms with Crippen LogP contribution in [0, 0.1) is 0 Å². The zero-order chi connectivity index (χ0) is 7.11. The van der Waals surface area contributed by atoms with Crippen LogP contribution in [0.2, 0.25) is 0 Å². The van der Waals surface area contributed by atoms with E-state index in [0.29, 0.717) is 6.42 Å². The largest absolute Gasteiger partial charge is 0.426 e. The zero-order valence-corrected chi connectivity index (χ0v) is 5.68. The molecule has 0 N–H and O–H groups in total. The molecule has 0 aliphatic carbocycles. The van der Waals surface area contributed by atoms with Crippen LogP contribution < -0.4 is 0 Å². The van der Waals surface area contributed by atoms with Crippen LogP contribution in [0.3, 0.4) is 0 Å². The molecule has 0 aromatic carbocycles. The highest BCUT2D eigenvalue weighted by Gasteiger charge is 1.90. The van der Waals surface area contributed by atoms with Crippen LogP contribution in [0.15, 0.2) is 18.1 Å².